The minimum atomic E-state index is -0.821. The van der Waals surface area contributed by atoms with Crippen LogP contribution in [0.4, 0.5) is 8.78 Å². The third kappa shape index (κ3) is 3.51. The van der Waals surface area contributed by atoms with E-state index in [-0.39, 0.29) is 5.56 Å². The Morgan fingerprint density at radius 1 is 1.42 bits per heavy atom. The van der Waals surface area contributed by atoms with Crippen LogP contribution in [0.2, 0.25) is 0 Å². The summed E-state index contributed by atoms with van der Waals surface area (Å²) in [5, 5.41) is 0. The molecule has 0 bridgehead atoms. The minimum Gasteiger partial charge on any atom is -0.323 e. The van der Waals surface area contributed by atoms with Gasteiger partial charge in [-0.1, -0.05) is 25.5 Å². The van der Waals surface area contributed by atoms with E-state index in [9.17, 15) is 8.78 Å². The first-order chi connectivity index (χ1) is 9.11. The summed E-state index contributed by atoms with van der Waals surface area (Å²) in [4.78, 5) is 2.27. The summed E-state index contributed by atoms with van der Waals surface area (Å²) in [5.41, 5.74) is 6.31. The lowest BCUT2D eigenvalue weighted by Crippen LogP contribution is -2.39. The van der Waals surface area contributed by atoms with E-state index in [1.54, 1.807) is 6.07 Å². The normalized spacial score (nSPS) is 22.4. The number of likely N-dealkylation sites (tertiary alicyclic amines) is 1. The number of nitrogens with zero attached hydrogens (tertiary/aromatic N) is 1. The SMILES string of the molecule is CCC1CCCN(CC(N)c2cccc(F)c2F)C1. The summed E-state index contributed by atoms with van der Waals surface area (Å²) >= 11 is 0. The minimum absolute atomic E-state index is 0.277. The lowest BCUT2D eigenvalue weighted by Gasteiger charge is -2.34. The van der Waals surface area contributed by atoms with Crippen LogP contribution >= 0.6 is 0 Å². The van der Waals surface area contributed by atoms with Crippen LogP contribution in [0.3, 0.4) is 0 Å². The van der Waals surface area contributed by atoms with E-state index < -0.39 is 17.7 Å². The predicted molar refractivity (Wildman–Crippen MR) is 72.7 cm³/mol. The largest absolute Gasteiger partial charge is 0.323 e. The Morgan fingerprint density at radius 2 is 2.21 bits per heavy atom. The van der Waals surface area contributed by atoms with E-state index in [1.807, 2.05) is 0 Å². The maximum atomic E-state index is 13.7. The number of rotatable bonds is 4. The molecule has 1 aromatic rings. The van der Waals surface area contributed by atoms with Crippen molar-refractivity contribution in [3.8, 4) is 0 Å². The molecule has 1 aromatic carbocycles. The van der Waals surface area contributed by atoms with Crippen molar-refractivity contribution in [1.29, 1.82) is 0 Å². The van der Waals surface area contributed by atoms with Gasteiger partial charge in [-0.15, -0.1) is 0 Å². The summed E-state index contributed by atoms with van der Waals surface area (Å²) < 4.78 is 26.9. The summed E-state index contributed by atoms with van der Waals surface area (Å²) in [6.07, 6.45) is 3.59. The van der Waals surface area contributed by atoms with E-state index in [0.717, 1.165) is 25.6 Å². The predicted octanol–water partition coefficient (Wildman–Crippen LogP) is 3.09. The van der Waals surface area contributed by atoms with Gasteiger partial charge in [0, 0.05) is 24.7 Å². The van der Waals surface area contributed by atoms with Gasteiger partial charge >= 0.3 is 0 Å². The molecule has 0 radical (unpaired) electrons. The van der Waals surface area contributed by atoms with Crippen LogP contribution in [-0.4, -0.2) is 24.5 Å². The van der Waals surface area contributed by atoms with Crippen LogP contribution in [0.5, 0.6) is 0 Å². The van der Waals surface area contributed by atoms with Crippen molar-refractivity contribution in [3.05, 3.63) is 35.4 Å². The summed E-state index contributed by atoms with van der Waals surface area (Å²) in [5.74, 6) is -0.921. The number of benzene rings is 1. The monoisotopic (exact) mass is 268 g/mol. The van der Waals surface area contributed by atoms with Crippen molar-refractivity contribution >= 4 is 0 Å². The maximum absolute atomic E-state index is 13.7. The van der Waals surface area contributed by atoms with Gasteiger partial charge in [0.15, 0.2) is 11.6 Å². The van der Waals surface area contributed by atoms with Gasteiger partial charge in [0.2, 0.25) is 0 Å². The highest BCUT2D eigenvalue weighted by Crippen LogP contribution is 2.23. The molecule has 0 aromatic heterocycles. The van der Waals surface area contributed by atoms with Crippen molar-refractivity contribution in [1.82, 2.24) is 4.90 Å². The van der Waals surface area contributed by atoms with Gasteiger partial charge in [-0.2, -0.15) is 0 Å². The quantitative estimate of drug-likeness (QED) is 0.909. The van der Waals surface area contributed by atoms with E-state index in [4.69, 9.17) is 5.73 Å². The zero-order valence-electron chi connectivity index (χ0n) is 11.4. The molecule has 4 heteroatoms. The Bertz CT molecular complexity index is 423. The summed E-state index contributed by atoms with van der Waals surface area (Å²) in [6, 6.07) is 3.74. The highest BCUT2D eigenvalue weighted by Gasteiger charge is 2.22. The molecule has 2 unspecified atom stereocenters. The number of piperidine rings is 1. The van der Waals surface area contributed by atoms with Crippen LogP contribution in [0, 0.1) is 17.6 Å². The molecule has 2 rings (SSSR count). The fraction of sp³-hybridized carbons (Fsp3) is 0.600. The van der Waals surface area contributed by atoms with Crippen LogP contribution in [0.25, 0.3) is 0 Å². The topological polar surface area (TPSA) is 29.3 Å². The Hall–Kier alpha value is -1.00. The highest BCUT2D eigenvalue weighted by atomic mass is 19.2. The molecule has 0 spiro atoms. The van der Waals surface area contributed by atoms with Gasteiger partial charge in [0.1, 0.15) is 0 Å². The van der Waals surface area contributed by atoms with Gasteiger partial charge < -0.3 is 10.6 Å². The average molecular weight is 268 g/mol. The Kier molecular flexibility index (Phi) is 4.88. The van der Waals surface area contributed by atoms with Crippen LogP contribution in [-0.2, 0) is 0 Å². The van der Waals surface area contributed by atoms with Crippen molar-refractivity contribution in [2.24, 2.45) is 11.7 Å². The fourth-order valence-corrected chi connectivity index (χ4v) is 2.83. The molecule has 1 aliphatic heterocycles. The van der Waals surface area contributed by atoms with E-state index in [0.29, 0.717) is 12.5 Å². The van der Waals surface area contributed by atoms with Crippen LogP contribution in [0.15, 0.2) is 18.2 Å². The smallest absolute Gasteiger partial charge is 0.163 e. The fourth-order valence-electron chi connectivity index (χ4n) is 2.83. The second kappa shape index (κ2) is 6.44. The van der Waals surface area contributed by atoms with E-state index in [1.165, 1.54) is 18.9 Å². The van der Waals surface area contributed by atoms with Crippen LogP contribution in [0.1, 0.15) is 37.8 Å². The Morgan fingerprint density at radius 3 is 2.95 bits per heavy atom. The number of hydrogen-bond donors (Lipinski definition) is 1. The molecule has 2 N–H and O–H groups in total. The van der Waals surface area contributed by atoms with Gasteiger partial charge in [-0.25, -0.2) is 8.78 Å². The molecular formula is C15H22F2N2. The van der Waals surface area contributed by atoms with Gasteiger partial charge in [-0.05, 0) is 31.4 Å². The second-order valence-corrected chi connectivity index (χ2v) is 5.43. The number of nitrogens with two attached hydrogens (primary N) is 1. The van der Waals surface area contributed by atoms with Crippen molar-refractivity contribution < 1.29 is 8.78 Å². The number of hydrogen-bond acceptors (Lipinski definition) is 2. The van der Waals surface area contributed by atoms with Crippen molar-refractivity contribution in [2.75, 3.05) is 19.6 Å². The first-order valence-corrected chi connectivity index (χ1v) is 7.03. The first kappa shape index (κ1) is 14.4. The Balaban J connectivity index is 2.00. The summed E-state index contributed by atoms with van der Waals surface area (Å²) in [6.45, 7) is 4.81. The van der Waals surface area contributed by atoms with E-state index >= 15 is 0 Å². The molecule has 1 fully saturated rings. The third-order valence-corrected chi connectivity index (χ3v) is 4.02. The third-order valence-electron chi connectivity index (χ3n) is 4.02. The molecule has 1 heterocycles. The molecule has 1 saturated heterocycles. The number of halogens is 2. The zero-order valence-corrected chi connectivity index (χ0v) is 11.4. The average Bonchev–Trinajstić information content (AvgIpc) is 2.42. The molecule has 19 heavy (non-hydrogen) atoms. The van der Waals surface area contributed by atoms with Gasteiger partial charge in [0.25, 0.3) is 0 Å². The van der Waals surface area contributed by atoms with Crippen molar-refractivity contribution in [3.63, 3.8) is 0 Å². The maximum Gasteiger partial charge on any atom is 0.163 e. The molecule has 2 atom stereocenters. The lowest BCUT2D eigenvalue weighted by atomic mass is 9.95. The first-order valence-electron chi connectivity index (χ1n) is 7.03. The van der Waals surface area contributed by atoms with Crippen molar-refractivity contribution in [2.45, 2.75) is 32.2 Å². The molecule has 106 valence electrons. The lowest BCUT2D eigenvalue weighted by molar-refractivity contribution is 0.162. The highest BCUT2D eigenvalue weighted by molar-refractivity contribution is 5.22. The molecule has 0 saturated carbocycles. The zero-order chi connectivity index (χ0) is 13.8. The summed E-state index contributed by atoms with van der Waals surface area (Å²) in [7, 11) is 0. The van der Waals surface area contributed by atoms with Gasteiger partial charge in [-0.3, -0.25) is 0 Å². The standard InChI is InChI=1S/C15H22F2N2/c1-2-11-5-4-8-19(9-11)10-14(18)12-6-3-7-13(16)15(12)17/h3,6-7,11,14H,2,4-5,8-10,18H2,1H3. The molecular weight excluding hydrogens is 246 g/mol. The molecule has 0 amide bonds. The molecule has 0 aliphatic carbocycles. The Labute approximate surface area is 113 Å². The molecule has 2 nitrogen and oxygen atoms in total. The molecule has 1 aliphatic rings. The second-order valence-electron chi connectivity index (χ2n) is 5.43. The van der Waals surface area contributed by atoms with Gasteiger partial charge in [0.05, 0.1) is 0 Å². The van der Waals surface area contributed by atoms with Crippen LogP contribution < -0.4 is 5.73 Å². The van der Waals surface area contributed by atoms with E-state index in [2.05, 4.69) is 11.8 Å².